The molecule has 156 valence electrons. The van der Waals surface area contributed by atoms with Gasteiger partial charge in [-0.2, -0.15) is 0 Å². The number of aromatic amines is 1. The van der Waals surface area contributed by atoms with E-state index in [0.717, 1.165) is 29.1 Å². The summed E-state index contributed by atoms with van der Waals surface area (Å²) in [6.07, 6.45) is 1.04. The molecule has 0 spiro atoms. The first-order valence-corrected chi connectivity index (χ1v) is 11.5. The lowest BCUT2D eigenvalue weighted by molar-refractivity contribution is -0.113. The number of sulfone groups is 1. The van der Waals surface area contributed by atoms with Gasteiger partial charge in [0.25, 0.3) is 5.56 Å². The van der Waals surface area contributed by atoms with E-state index in [4.69, 9.17) is 0 Å². The molecule has 0 saturated carbocycles. The molecule has 0 aliphatic heterocycles. The van der Waals surface area contributed by atoms with Crippen molar-refractivity contribution in [2.75, 3.05) is 11.1 Å². The zero-order valence-corrected chi connectivity index (χ0v) is 18.4. The minimum absolute atomic E-state index is 0.0139. The largest absolute Gasteiger partial charge is 0.325 e. The molecule has 0 fully saturated rings. The average molecular weight is 444 g/mol. The van der Waals surface area contributed by atoms with Crippen LogP contribution in [0.5, 0.6) is 0 Å². The quantitative estimate of drug-likeness (QED) is 0.447. The molecule has 7 nitrogen and oxygen atoms in total. The van der Waals surface area contributed by atoms with E-state index in [2.05, 4.69) is 15.3 Å². The minimum atomic E-state index is -4.00. The van der Waals surface area contributed by atoms with Crippen molar-refractivity contribution in [1.82, 2.24) is 9.97 Å². The van der Waals surface area contributed by atoms with Crippen LogP contribution in [0.2, 0.25) is 0 Å². The fourth-order valence-corrected chi connectivity index (χ4v) is 4.90. The van der Waals surface area contributed by atoms with Crippen LogP contribution in [0.15, 0.2) is 68.4 Å². The van der Waals surface area contributed by atoms with Gasteiger partial charge >= 0.3 is 0 Å². The number of aryl methyl sites for hydroxylation is 3. The van der Waals surface area contributed by atoms with Gasteiger partial charge in [-0.15, -0.1) is 0 Å². The van der Waals surface area contributed by atoms with Gasteiger partial charge in [0.15, 0.2) is 10.1 Å². The second kappa shape index (κ2) is 8.85. The summed E-state index contributed by atoms with van der Waals surface area (Å²) in [5.41, 5.74) is 2.46. The van der Waals surface area contributed by atoms with Gasteiger partial charge < -0.3 is 10.3 Å². The highest BCUT2D eigenvalue weighted by Gasteiger charge is 2.24. The monoisotopic (exact) mass is 443 g/mol. The number of H-pyrrole nitrogens is 1. The first kappa shape index (κ1) is 21.8. The number of hydrogen-bond acceptors (Lipinski definition) is 6. The van der Waals surface area contributed by atoms with Crippen molar-refractivity contribution in [3.8, 4) is 0 Å². The Kier molecular flexibility index (Phi) is 6.42. The molecule has 3 rings (SSSR count). The molecule has 0 saturated heterocycles. The summed E-state index contributed by atoms with van der Waals surface area (Å²) in [6.45, 7) is 5.49. The van der Waals surface area contributed by atoms with Crippen molar-refractivity contribution >= 4 is 33.2 Å². The van der Waals surface area contributed by atoms with Gasteiger partial charge in [0, 0.05) is 5.69 Å². The topological polar surface area (TPSA) is 109 Å². The van der Waals surface area contributed by atoms with Gasteiger partial charge in [0.2, 0.25) is 15.7 Å². The molecule has 1 aromatic heterocycles. The smallest absolute Gasteiger partial charge is 0.270 e. The normalized spacial score (nSPS) is 11.3. The number of nitrogens with one attached hydrogen (secondary N) is 2. The lowest BCUT2D eigenvalue weighted by Gasteiger charge is -2.08. The average Bonchev–Trinajstić information content (AvgIpc) is 2.67. The van der Waals surface area contributed by atoms with Crippen LogP contribution in [0, 0.1) is 20.8 Å². The first-order chi connectivity index (χ1) is 14.2. The van der Waals surface area contributed by atoms with Crippen molar-refractivity contribution in [2.45, 2.75) is 35.7 Å². The molecule has 0 atom stereocenters. The third-order valence-electron chi connectivity index (χ3n) is 4.33. The summed E-state index contributed by atoms with van der Waals surface area (Å²) in [4.78, 5) is 30.6. The lowest BCUT2D eigenvalue weighted by atomic mass is 10.2. The fourth-order valence-electron chi connectivity index (χ4n) is 2.82. The van der Waals surface area contributed by atoms with Gasteiger partial charge in [0.05, 0.1) is 16.8 Å². The number of carbonyl (C=O) groups excluding carboxylic acids is 1. The standard InChI is InChI=1S/C21H21N3O4S2/c1-13-4-7-16(8-5-13)23-19(25)12-29-21-22-11-18(20(26)24-21)30(27,28)17-9-6-14(2)10-15(17)3/h4-11H,12H2,1-3H3,(H,23,25)(H,22,24,26). The van der Waals surface area contributed by atoms with Crippen molar-refractivity contribution in [3.05, 3.63) is 75.7 Å². The van der Waals surface area contributed by atoms with Crippen molar-refractivity contribution in [2.24, 2.45) is 0 Å². The number of nitrogens with zero attached hydrogens (tertiary/aromatic N) is 1. The second-order valence-corrected chi connectivity index (χ2v) is 9.71. The molecular formula is C21H21N3O4S2. The molecule has 0 aliphatic rings. The summed E-state index contributed by atoms with van der Waals surface area (Å²) in [5.74, 6) is -0.251. The number of benzene rings is 2. The number of rotatable bonds is 6. The van der Waals surface area contributed by atoms with Gasteiger partial charge in [-0.25, -0.2) is 13.4 Å². The number of anilines is 1. The van der Waals surface area contributed by atoms with Gasteiger partial charge in [0.1, 0.15) is 0 Å². The number of thioether (sulfide) groups is 1. The lowest BCUT2D eigenvalue weighted by Crippen LogP contribution is -2.20. The molecule has 0 radical (unpaired) electrons. The zero-order valence-electron chi connectivity index (χ0n) is 16.7. The minimum Gasteiger partial charge on any atom is -0.325 e. The maximum atomic E-state index is 12.9. The third kappa shape index (κ3) is 4.98. The number of hydrogen-bond donors (Lipinski definition) is 2. The van der Waals surface area contributed by atoms with Crippen molar-refractivity contribution in [1.29, 1.82) is 0 Å². The fraction of sp³-hybridized carbons (Fsp3) is 0.190. The van der Waals surface area contributed by atoms with Crippen LogP contribution in [0.1, 0.15) is 16.7 Å². The van der Waals surface area contributed by atoms with E-state index in [1.165, 1.54) is 6.07 Å². The molecule has 9 heteroatoms. The number of carbonyl (C=O) groups is 1. The molecule has 0 bridgehead atoms. The molecule has 0 unspecified atom stereocenters. The highest BCUT2D eigenvalue weighted by atomic mass is 32.2. The Balaban J connectivity index is 1.72. The summed E-state index contributed by atoms with van der Waals surface area (Å²) in [5, 5.41) is 2.91. The molecule has 1 amide bonds. The summed E-state index contributed by atoms with van der Waals surface area (Å²) in [7, 11) is -4.00. The Hall–Kier alpha value is -2.91. The van der Waals surface area contributed by atoms with Gasteiger partial charge in [-0.3, -0.25) is 9.59 Å². The SMILES string of the molecule is Cc1ccc(NC(=O)CSc2ncc(S(=O)(=O)c3ccc(C)cc3C)c(=O)[nH]2)cc1. The van der Waals surface area contributed by atoms with E-state index >= 15 is 0 Å². The zero-order chi connectivity index (χ0) is 21.9. The van der Waals surface area contributed by atoms with Gasteiger partial charge in [-0.05, 0) is 44.5 Å². The predicted molar refractivity (Wildman–Crippen MR) is 117 cm³/mol. The number of aromatic nitrogens is 2. The summed E-state index contributed by atoms with van der Waals surface area (Å²) >= 11 is 1.01. The van der Waals surface area contributed by atoms with Crippen LogP contribution in [0.4, 0.5) is 5.69 Å². The molecule has 3 aromatic rings. The van der Waals surface area contributed by atoms with E-state index in [-0.39, 0.29) is 21.7 Å². The molecule has 2 aromatic carbocycles. The molecular weight excluding hydrogens is 422 g/mol. The van der Waals surface area contributed by atoms with Crippen molar-refractivity contribution < 1.29 is 13.2 Å². The van der Waals surface area contributed by atoms with Crippen LogP contribution in [-0.2, 0) is 14.6 Å². The third-order valence-corrected chi connectivity index (χ3v) is 7.12. The molecule has 1 heterocycles. The van der Waals surface area contributed by atoms with E-state index < -0.39 is 20.3 Å². The Morgan fingerprint density at radius 1 is 1.03 bits per heavy atom. The summed E-state index contributed by atoms with van der Waals surface area (Å²) < 4.78 is 25.7. The Morgan fingerprint density at radius 2 is 1.70 bits per heavy atom. The second-order valence-electron chi connectivity index (χ2n) is 6.86. The van der Waals surface area contributed by atoms with Crippen LogP contribution in [0.25, 0.3) is 0 Å². The van der Waals surface area contributed by atoms with Crippen LogP contribution in [-0.4, -0.2) is 30.0 Å². The number of amides is 1. The first-order valence-electron chi connectivity index (χ1n) is 9.08. The van der Waals surface area contributed by atoms with E-state index in [0.29, 0.717) is 11.3 Å². The van der Waals surface area contributed by atoms with Gasteiger partial charge in [-0.1, -0.05) is 47.2 Å². The predicted octanol–water partition coefficient (Wildman–Crippen LogP) is 3.26. The maximum absolute atomic E-state index is 12.9. The Morgan fingerprint density at radius 3 is 2.33 bits per heavy atom. The molecule has 2 N–H and O–H groups in total. The highest BCUT2D eigenvalue weighted by Crippen LogP contribution is 2.23. The van der Waals surface area contributed by atoms with Crippen LogP contribution in [0.3, 0.4) is 0 Å². The molecule has 0 aliphatic carbocycles. The highest BCUT2D eigenvalue weighted by molar-refractivity contribution is 7.99. The van der Waals surface area contributed by atoms with Crippen LogP contribution < -0.4 is 10.9 Å². The Labute approximate surface area is 178 Å². The maximum Gasteiger partial charge on any atom is 0.270 e. The Bertz CT molecular complexity index is 1250. The van der Waals surface area contributed by atoms with Crippen molar-refractivity contribution in [3.63, 3.8) is 0 Å². The van der Waals surface area contributed by atoms with E-state index in [9.17, 15) is 18.0 Å². The van der Waals surface area contributed by atoms with E-state index in [1.54, 1.807) is 31.2 Å². The van der Waals surface area contributed by atoms with E-state index in [1.807, 2.05) is 26.0 Å². The summed E-state index contributed by atoms with van der Waals surface area (Å²) in [6, 6.07) is 12.3. The van der Waals surface area contributed by atoms with Crippen LogP contribution >= 0.6 is 11.8 Å². The molecule has 30 heavy (non-hydrogen) atoms.